The molecule has 0 saturated carbocycles. The minimum absolute atomic E-state index is 0.0732. The van der Waals surface area contributed by atoms with E-state index in [0.717, 1.165) is 50.9 Å². The van der Waals surface area contributed by atoms with Gasteiger partial charge in [-0.1, -0.05) is 6.07 Å². The normalized spacial score (nSPS) is 19.9. The molecular weight excluding hydrogens is 352 g/mol. The quantitative estimate of drug-likeness (QED) is 0.881. The van der Waals surface area contributed by atoms with Gasteiger partial charge >= 0.3 is 6.03 Å². The molecule has 1 aliphatic heterocycles. The predicted octanol–water partition coefficient (Wildman–Crippen LogP) is 3.44. The highest BCUT2D eigenvalue weighted by Crippen LogP contribution is 2.33. The van der Waals surface area contributed by atoms with Crippen LogP contribution in [0.5, 0.6) is 5.75 Å². The summed E-state index contributed by atoms with van der Waals surface area (Å²) in [6, 6.07) is 8.51. The number of carbonyl (C=O) groups excluding carboxylic acids is 1. The molecule has 1 saturated heterocycles. The lowest BCUT2D eigenvalue weighted by molar-refractivity contribution is 0.179. The molecule has 6 heteroatoms. The molecule has 0 radical (unpaired) electrons. The molecule has 2 heterocycles. The Morgan fingerprint density at radius 2 is 2.07 bits per heavy atom. The lowest BCUT2D eigenvalue weighted by Crippen LogP contribution is -2.45. The molecule has 1 atom stereocenters. The van der Waals surface area contributed by atoms with Gasteiger partial charge in [-0.15, -0.1) is 0 Å². The van der Waals surface area contributed by atoms with E-state index in [0.29, 0.717) is 18.4 Å². The maximum Gasteiger partial charge on any atom is 0.317 e. The van der Waals surface area contributed by atoms with Gasteiger partial charge in [0.05, 0.1) is 7.11 Å². The largest absolute Gasteiger partial charge is 0.497 e. The second-order valence-electron chi connectivity index (χ2n) is 7.98. The van der Waals surface area contributed by atoms with Crippen LogP contribution in [0, 0.1) is 0 Å². The van der Waals surface area contributed by atoms with Gasteiger partial charge in [0.15, 0.2) is 0 Å². The molecule has 0 unspecified atom stereocenters. The number of nitrogens with one attached hydrogen (secondary N) is 1. The molecule has 2 aliphatic rings. The number of nitrogens with zero attached hydrogens (tertiary/aromatic N) is 3. The van der Waals surface area contributed by atoms with Gasteiger partial charge in [-0.2, -0.15) is 5.10 Å². The summed E-state index contributed by atoms with van der Waals surface area (Å²) >= 11 is 0. The molecule has 0 bridgehead atoms. The number of urea groups is 1. The van der Waals surface area contributed by atoms with Crippen LogP contribution in [0.15, 0.2) is 30.5 Å². The summed E-state index contributed by atoms with van der Waals surface area (Å²) in [7, 11) is 3.70. The van der Waals surface area contributed by atoms with Crippen molar-refractivity contribution >= 4 is 6.03 Å². The molecule has 28 heavy (non-hydrogen) atoms. The lowest BCUT2D eigenvalue weighted by Gasteiger charge is -2.33. The third kappa shape index (κ3) is 3.86. The number of carbonyl (C=O) groups is 1. The van der Waals surface area contributed by atoms with Gasteiger partial charge in [0.2, 0.25) is 0 Å². The van der Waals surface area contributed by atoms with Crippen LogP contribution in [0.3, 0.4) is 0 Å². The third-order valence-corrected chi connectivity index (χ3v) is 6.35. The smallest absolute Gasteiger partial charge is 0.317 e. The Bertz CT molecular complexity index is 824. The lowest BCUT2D eigenvalue weighted by atomic mass is 9.82. The average molecular weight is 383 g/mol. The van der Waals surface area contributed by atoms with E-state index in [4.69, 9.17) is 4.74 Å². The van der Waals surface area contributed by atoms with E-state index in [1.54, 1.807) is 7.11 Å². The SMILES string of the molecule is COc1ccc2c(c1)CCC[C@H]2CNC(=O)N1CCC(c2ccnn2C)CC1. The number of fused-ring (bicyclic) bond motifs is 1. The third-order valence-electron chi connectivity index (χ3n) is 6.35. The van der Waals surface area contributed by atoms with Crippen LogP contribution in [0.4, 0.5) is 4.79 Å². The van der Waals surface area contributed by atoms with Crippen molar-refractivity contribution < 1.29 is 9.53 Å². The Morgan fingerprint density at radius 3 is 2.79 bits per heavy atom. The Hall–Kier alpha value is -2.50. The fourth-order valence-electron chi connectivity index (χ4n) is 4.72. The number of aromatic nitrogens is 2. The van der Waals surface area contributed by atoms with E-state index in [9.17, 15) is 4.79 Å². The minimum Gasteiger partial charge on any atom is -0.497 e. The van der Waals surface area contributed by atoms with E-state index in [2.05, 4.69) is 28.6 Å². The first kappa shape index (κ1) is 18.8. The molecule has 1 fully saturated rings. The van der Waals surface area contributed by atoms with Crippen molar-refractivity contribution in [3.63, 3.8) is 0 Å². The van der Waals surface area contributed by atoms with E-state index >= 15 is 0 Å². The van der Waals surface area contributed by atoms with Gasteiger partial charge < -0.3 is 15.0 Å². The predicted molar refractivity (Wildman–Crippen MR) is 109 cm³/mol. The fourth-order valence-corrected chi connectivity index (χ4v) is 4.72. The second-order valence-corrected chi connectivity index (χ2v) is 7.98. The summed E-state index contributed by atoms with van der Waals surface area (Å²) in [6.07, 6.45) is 7.24. The van der Waals surface area contributed by atoms with E-state index < -0.39 is 0 Å². The number of hydrogen-bond donors (Lipinski definition) is 1. The number of hydrogen-bond acceptors (Lipinski definition) is 3. The first-order valence-corrected chi connectivity index (χ1v) is 10.3. The number of amides is 2. The van der Waals surface area contributed by atoms with Crippen LogP contribution in [0.1, 0.15) is 54.3 Å². The second kappa shape index (κ2) is 8.25. The Morgan fingerprint density at radius 1 is 1.25 bits per heavy atom. The minimum atomic E-state index is 0.0732. The van der Waals surface area contributed by atoms with Crippen molar-refractivity contribution in [1.82, 2.24) is 20.0 Å². The molecule has 150 valence electrons. The molecule has 4 rings (SSSR count). The zero-order valence-electron chi connectivity index (χ0n) is 16.9. The molecular formula is C22H30N4O2. The van der Waals surface area contributed by atoms with Crippen LogP contribution in [0.25, 0.3) is 0 Å². The monoisotopic (exact) mass is 382 g/mol. The molecule has 6 nitrogen and oxygen atoms in total. The van der Waals surface area contributed by atoms with Crippen molar-refractivity contribution in [3.05, 3.63) is 47.3 Å². The molecule has 0 spiro atoms. The fraction of sp³-hybridized carbons (Fsp3) is 0.545. The number of aryl methyl sites for hydroxylation is 2. The van der Waals surface area contributed by atoms with Gasteiger partial charge in [-0.3, -0.25) is 4.68 Å². The summed E-state index contributed by atoms with van der Waals surface area (Å²) in [5, 5.41) is 7.46. The van der Waals surface area contributed by atoms with Gasteiger partial charge in [0, 0.05) is 50.4 Å². The van der Waals surface area contributed by atoms with Crippen LogP contribution >= 0.6 is 0 Å². The summed E-state index contributed by atoms with van der Waals surface area (Å²) < 4.78 is 7.31. The number of likely N-dealkylation sites (tertiary alicyclic amines) is 1. The molecule has 1 aromatic heterocycles. The summed E-state index contributed by atoms with van der Waals surface area (Å²) in [5.74, 6) is 1.81. The first-order valence-electron chi connectivity index (χ1n) is 10.3. The average Bonchev–Trinajstić information content (AvgIpc) is 3.17. The molecule has 1 aliphatic carbocycles. The number of methoxy groups -OCH3 is 1. The summed E-state index contributed by atoms with van der Waals surface area (Å²) in [6.45, 7) is 2.32. The van der Waals surface area contributed by atoms with Gasteiger partial charge in [-0.05, 0) is 61.4 Å². The Labute approximate surface area is 166 Å². The zero-order chi connectivity index (χ0) is 19.5. The van der Waals surface area contributed by atoms with Crippen molar-refractivity contribution in [3.8, 4) is 5.75 Å². The molecule has 1 N–H and O–H groups in total. The maximum atomic E-state index is 12.7. The van der Waals surface area contributed by atoms with Crippen LogP contribution < -0.4 is 10.1 Å². The van der Waals surface area contributed by atoms with Crippen LogP contribution in [0.2, 0.25) is 0 Å². The molecule has 2 amide bonds. The number of rotatable bonds is 4. The zero-order valence-corrected chi connectivity index (χ0v) is 16.9. The van der Waals surface area contributed by atoms with Gasteiger partial charge in [-0.25, -0.2) is 4.79 Å². The highest BCUT2D eigenvalue weighted by molar-refractivity contribution is 5.74. The van der Waals surface area contributed by atoms with Gasteiger partial charge in [0.1, 0.15) is 5.75 Å². The number of piperidine rings is 1. The van der Waals surface area contributed by atoms with Crippen LogP contribution in [-0.2, 0) is 13.5 Å². The van der Waals surface area contributed by atoms with Crippen molar-refractivity contribution in [2.75, 3.05) is 26.7 Å². The van der Waals surface area contributed by atoms with Crippen molar-refractivity contribution in [2.24, 2.45) is 7.05 Å². The van der Waals surface area contributed by atoms with E-state index in [1.165, 1.54) is 16.8 Å². The van der Waals surface area contributed by atoms with Crippen molar-refractivity contribution in [1.29, 1.82) is 0 Å². The first-order chi connectivity index (χ1) is 13.7. The Balaban J connectivity index is 1.30. The number of ether oxygens (including phenoxy) is 1. The highest BCUT2D eigenvalue weighted by Gasteiger charge is 2.26. The summed E-state index contributed by atoms with van der Waals surface area (Å²) in [5.41, 5.74) is 4.00. The molecule has 2 aromatic rings. The number of benzene rings is 1. The molecule has 1 aromatic carbocycles. The topological polar surface area (TPSA) is 59.4 Å². The standard InChI is InChI=1S/C22H30N4O2/c1-25-21(8-11-24-25)16-9-12-26(13-10-16)22(27)23-15-18-5-3-4-17-14-19(28-2)6-7-20(17)18/h6-8,11,14,16,18H,3-5,9-10,12-13,15H2,1-2H3,(H,23,27)/t18-/m0/s1. The Kier molecular flexibility index (Phi) is 5.55. The highest BCUT2D eigenvalue weighted by atomic mass is 16.5. The van der Waals surface area contributed by atoms with E-state index in [1.807, 2.05) is 28.9 Å². The summed E-state index contributed by atoms with van der Waals surface area (Å²) in [4.78, 5) is 14.7. The van der Waals surface area contributed by atoms with Crippen molar-refractivity contribution in [2.45, 2.75) is 43.9 Å². The van der Waals surface area contributed by atoms with Gasteiger partial charge in [0.25, 0.3) is 0 Å². The van der Waals surface area contributed by atoms with Crippen LogP contribution in [-0.4, -0.2) is 47.5 Å². The van der Waals surface area contributed by atoms with E-state index in [-0.39, 0.29) is 6.03 Å². The maximum absolute atomic E-state index is 12.7.